The molecule has 206 valence electrons. The van der Waals surface area contributed by atoms with Crippen molar-refractivity contribution in [2.45, 2.75) is 6.18 Å². The van der Waals surface area contributed by atoms with Crippen molar-refractivity contribution in [1.29, 1.82) is 0 Å². The Morgan fingerprint density at radius 2 is 1.51 bits per heavy atom. The molecule has 5 aromatic rings. The van der Waals surface area contributed by atoms with Crippen molar-refractivity contribution in [2.24, 2.45) is 0 Å². The van der Waals surface area contributed by atoms with Gasteiger partial charge in [0.25, 0.3) is 11.8 Å². The molecule has 41 heavy (non-hydrogen) atoms. The van der Waals surface area contributed by atoms with E-state index in [0.717, 1.165) is 17.2 Å². The minimum absolute atomic E-state index is 0.0379. The zero-order chi connectivity index (χ0) is 29.1. The summed E-state index contributed by atoms with van der Waals surface area (Å²) in [4.78, 5) is 30.7. The van der Waals surface area contributed by atoms with Gasteiger partial charge in [-0.25, -0.2) is 4.68 Å². The summed E-state index contributed by atoms with van der Waals surface area (Å²) in [5, 5.41) is 14.4. The Bertz CT molecular complexity index is 1720. The zero-order valence-electron chi connectivity index (χ0n) is 21.8. The number of aromatic nitrogens is 5. The fourth-order valence-electron chi connectivity index (χ4n) is 4.04. The number of anilines is 1. The maximum Gasteiger partial charge on any atom is 0.433 e. The Labute approximate surface area is 232 Å². The second-order valence-electron chi connectivity index (χ2n) is 9.16. The van der Waals surface area contributed by atoms with Gasteiger partial charge in [-0.3, -0.25) is 14.6 Å². The molecule has 0 spiro atoms. The maximum atomic E-state index is 13.8. The first-order chi connectivity index (χ1) is 19.6. The van der Waals surface area contributed by atoms with Crippen LogP contribution in [0.1, 0.15) is 26.4 Å². The Balaban J connectivity index is 1.36. The third-order valence-corrected chi connectivity index (χ3v) is 6.04. The molecular weight excluding hydrogens is 535 g/mol. The molecule has 2 aromatic carbocycles. The van der Waals surface area contributed by atoms with Crippen LogP contribution in [-0.2, 0) is 6.18 Å². The molecule has 0 fully saturated rings. The monoisotopic (exact) mass is 557 g/mol. The number of halogens is 3. The highest BCUT2D eigenvalue weighted by molar-refractivity contribution is 6.04. The van der Waals surface area contributed by atoms with Crippen LogP contribution >= 0.6 is 0 Å². The molecule has 5 rings (SSSR count). The summed E-state index contributed by atoms with van der Waals surface area (Å²) in [5.41, 5.74) is 1.74. The van der Waals surface area contributed by atoms with Crippen molar-refractivity contribution < 1.29 is 22.8 Å². The second kappa shape index (κ2) is 11.0. The number of nitrogens with zero attached hydrogens (tertiary/aromatic N) is 6. The topological polar surface area (TPSA) is 106 Å². The molecule has 0 saturated carbocycles. The van der Waals surface area contributed by atoms with Gasteiger partial charge in [-0.2, -0.15) is 18.3 Å². The third kappa shape index (κ3) is 5.96. The van der Waals surface area contributed by atoms with Gasteiger partial charge in [0.2, 0.25) is 0 Å². The molecule has 0 radical (unpaired) electrons. The van der Waals surface area contributed by atoms with Crippen LogP contribution in [0.5, 0.6) is 0 Å². The molecule has 1 N–H and O–H groups in total. The van der Waals surface area contributed by atoms with Gasteiger partial charge in [0, 0.05) is 43.2 Å². The number of hydrogen-bond donors (Lipinski definition) is 1. The van der Waals surface area contributed by atoms with E-state index in [2.05, 4.69) is 25.6 Å². The van der Waals surface area contributed by atoms with Crippen LogP contribution < -0.4 is 5.32 Å². The lowest BCUT2D eigenvalue weighted by atomic mass is 10.0. The molecular formula is C29H22F3N7O2. The van der Waals surface area contributed by atoms with Gasteiger partial charge in [0.1, 0.15) is 0 Å². The predicted molar refractivity (Wildman–Crippen MR) is 145 cm³/mol. The zero-order valence-corrected chi connectivity index (χ0v) is 21.8. The second-order valence-corrected chi connectivity index (χ2v) is 9.16. The summed E-state index contributed by atoms with van der Waals surface area (Å²) >= 11 is 0. The Morgan fingerprint density at radius 1 is 0.829 bits per heavy atom. The molecule has 0 bridgehead atoms. The number of nitrogens with one attached hydrogen (secondary N) is 1. The highest BCUT2D eigenvalue weighted by Crippen LogP contribution is 2.33. The van der Waals surface area contributed by atoms with Crippen LogP contribution in [0.25, 0.3) is 28.2 Å². The van der Waals surface area contributed by atoms with Crippen LogP contribution in [0.3, 0.4) is 0 Å². The van der Waals surface area contributed by atoms with Crippen molar-refractivity contribution in [1.82, 2.24) is 29.9 Å². The van der Waals surface area contributed by atoms with Gasteiger partial charge in [0.05, 0.1) is 5.69 Å². The number of pyridine rings is 1. The quantitative estimate of drug-likeness (QED) is 0.301. The minimum Gasteiger partial charge on any atom is -0.345 e. The number of alkyl halides is 3. The van der Waals surface area contributed by atoms with Crippen molar-refractivity contribution in [3.05, 3.63) is 108 Å². The maximum absolute atomic E-state index is 13.8. The fourth-order valence-corrected chi connectivity index (χ4v) is 4.04. The molecule has 12 heteroatoms. The van der Waals surface area contributed by atoms with Crippen molar-refractivity contribution in [3.63, 3.8) is 0 Å². The van der Waals surface area contributed by atoms with Gasteiger partial charge < -0.3 is 10.2 Å². The molecule has 0 aliphatic heterocycles. The lowest BCUT2D eigenvalue weighted by Crippen LogP contribution is -2.21. The number of carbonyl (C=O) groups is 2. The minimum atomic E-state index is -4.70. The van der Waals surface area contributed by atoms with Gasteiger partial charge in [0.15, 0.2) is 17.3 Å². The summed E-state index contributed by atoms with van der Waals surface area (Å²) in [7, 11) is 3.33. The summed E-state index contributed by atoms with van der Waals surface area (Å²) in [6.07, 6.45) is -1.79. The van der Waals surface area contributed by atoms with Crippen LogP contribution in [0.15, 0.2) is 91.3 Å². The number of hydrogen-bond acceptors (Lipinski definition) is 6. The van der Waals surface area contributed by atoms with Crippen LogP contribution in [0.2, 0.25) is 0 Å². The number of benzene rings is 2. The van der Waals surface area contributed by atoms with E-state index in [4.69, 9.17) is 0 Å². The predicted octanol–water partition coefficient (Wildman–Crippen LogP) is 5.36. The van der Waals surface area contributed by atoms with E-state index in [1.807, 2.05) is 12.1 Å². The molecule has 0 atom stereocenters. The highest BCUT2D eigenvalue weighted by Gasteiger charge is 2.37. The first-order valence-electron chi connectivity index (χ1n) is 12.3. The van der Waals surface area contributed by atoms with E-state index in [1.54, 1.807) is 62.6 Å². The summed E-state index contributed by atoms with van der Waals surface area (Å²) in [6, 6.07) is 20.6. The highest BCUT2D eigenvalue weighted by atomic mass is 19.4. The SMILES string of the molecule is CN(C)C(=O)c1cccc(-c2cccc(C(=O)Nc3ccc(-n4nc(-c5cccnc5)cc4C(F)(F)F)nn3)c2)c1. The molecule has 0 unspecified atom stereocenters. The lowest BCUT2D eigenvalue weighted by Gasteiger charge is -2.12. The molecule has 3 aromatic heterocycles. The van der Waals surface area contributed by atoms with E-state index in [9.17, 15) is 22.8 Å². The largest absolute Gasteiger partial charge is 0.433 e. The molecule has 0 aliphatic carbocycles. The van der Waals surface area contributed by atoms with Crippen LogP contribution in [0.4, 0.5) is 19.0 Å². The molecule has 2 amide bonds. The standard InChI is InChI=1S/C29H22F3N7O2/c1-38(2)28(41)21-9-4-7-19(15-21)18-6-3-8-20(14-18)27(40)34-25-11-12-26(36-35-25)39-24(29(30,31)32)16-23(37-39)22-10-5-13-33-17-22/h3-17H,1-2H3,(H,34,35,40). The molecule has 0 saturated heterocycles. The van der Waals surface area contributed by atoms with Gasteiger partial charge in [-0.1, -0.05) is 24.3 Å². The van der Waals surface area contributed by atoms with Gasteiger partial charge in [-0.15, -0.1) is 10.2 Å². The Morgan fingerprint density at radius 3 is 2.12 bits per heavy atom. The number of amides is 2. The Hall–Kier alpha value is -5.39. The van der Waals surface area contributed by atoms with E-state index in [1.165, 1.54) is 29.4 Å². The van der Waals surface area contributed by atoms with E-state index in [-0.39, 0.29) is 23.2 Å². The van der Waals surface area contributed by atoms with Gasteiger partial charge >= 0.3 is 6.18 Å². The Kier molecular flexibility index (Phi) is 7.30. The van der Waals surface area contributed by atoms with E-state index >= 15 is 0 Å². The van der Waals surface area contributed by atoms with Crippen LogP contribution in [-0.4, -0.2) is 55.8 Å². The first kappa shape index (κ1) is 27.2. The van der Waals surface area contributed by atoms with E-state index < -0.39 is 17.8 Å². The average molecular weight is 558 g/mol. The first-order valence-corrected chi connectivity index (χ1v) is 12.3. The molecule has 9 nitrogen and oxygen atoms in total. The third-order valence-electron chi connectivity index (χ3n) is 6.04. The average Bonchev–Trinajstić information content (AvgIpc) is 3.44. The molecule has 3 heterocycles. The van der Waals surface area contributed by atoms with Crippen LogP contribution in [0, 0.1) is 0 Å². The normalized spacial score (nSPS) is 11.2. The number of rotatable bonds is 6. The summed E-state index contributed by atoms with van der Waals surface area (Å²) in [6.45, 7) is 0. The lowest BCUT2D eigenvalue weighted by molar-refractivity contribution is -0.142. The van der Waals surface area contributed by atoms with Crippen molar-refractivity contribution in [2.75, 3.05) is 19.4 Å². The van der Waals surface area contributed by atoms with Crippen molar-refractivity contribution >= 4 is 17.6 Å². The van der Waals surface area contributed by atoms with Gasteiger partial charge in [-0.05, 0) is 65.7 Å². The molecule has 0 aliphatic rings. The fraction of sp³-hybridized carbons (Fsp3) is 0.103. The van der Waals surface area contributed by atoms with Crippen molar-refractivity contribution in [3.8, 4) is 28.2 Å². The number of carbonyl (C=O) groups excluding carboxylic acids is 2. The van der Waals surface area contributed by atoms with E-state index in [0.29, 0.717) is 21.4 Å². The summed E-state index contributed by atoms with van der Waals surface area (Å²) in [5.74, 6) is -0.785. The smallest absolute Gasteiger partial charge is 0.345 e. The summed E-state index contributed by atoms with van der Waals surface area (Å²) < 4.78 is 41.9.